The monoisotopic (exact) mass is 532 g/mol. The van der Waals surface area contributed by atoms with Gasteiger partial charge in [-0.1, -0.05) is 45.8 Å². The molecule has 0 aromatic rings. The summed E-state index contributed by atoms with van der Waals surface area (Å²) in [6, 6.07) is 0. The zero-order valence-electron chi connectivity index (χ0n) is 25.0. The summed E-state index contributed by atoms with van der Waals surface area (Å²) in [5.41, 5.74) is 1.83. The van der Waals surface area contributed by atoms with Crippen LogP contribution in [0.2, 0.25) is 0 Å². The second-order valence-corrected chi connectivity index (χ2v) is 15.0. The zero-order valence-corrected chi connectivity index (χ0v) is 25.0. The molecule has 0 aromatic carbocycles. The van der Waals surface area contributed by atoms with E-state index in [4.69, 9.17) is 4.74 Å². The molecule has 4 aliphatic carbocycles. The van der Waals surface area contributed by atoms with E-state index in [1.54, 1.807) is 25.0 Å². The Bertz CT molecular complexity index is 990. The van der Waals surface area contributed by atoms with Crippen LogP contribution in [0.4, 0.5) is 0 Å². The molecule has 0 spiro atoms. The van der Waals surface area contributed by atoms with E-state index in [9.17, 15) is 24.9 Å². The second-order valence-electron chi connectivity index (χ2n) is 15.0. The normalized spacial score (nSPS) is 40.0. The van der Waals surface area contributed by atoms with Crippen molar-refractivity contribution in [3.8, 4) is 0 Å². The van der Waals surface area contributed by atoms with Crippen molar-refractivity contribution in [2.45, 2.75) is 137 Å². The predicted octanol–water partition coefficient (Wildman–Crippen LogP) is 6.28. The summed E-state index contributed by atoms with van der Waals surface area (Å²) in [6.45, 7) is 16.4. The van der Waals surface area contributed by atoms with Crippen molar-refractivity contribution in [2.24, 2.45) is 39.4 Å². The van der Waals surface area contributed by atoms with Crippen LogP contribution in [-0.4, -0.2) is 45.1 Å². The van der Waals surface area contributed by atoms with Gasteiger partial charge in [0.1, 0.15) is 6.10 Å². The molecule has 0 radical (unpaired) electrons. The van der Waals surface area contributed by atoms with Gasteiger partial charge in [0.25, 0.3) is 0 Å². The van der Waals surface area contributed by atoms with Crippen molar-refractivity contribution in [3.63, 3.8) is 0 Å². The summed E-state index contributed by atoms with van der Waals surface area (Å²) in [7, 11) is 0. The van der Waals surface area contributed by atoms with E-state index < -0.39 is 23.6 Å². The fourth-order valence-corrected chi connectivity index (χ4v) is 9.95. The average molecular weight is 533 g/mol. The number of ether oxygens (including phenoxy) is 1. The Morgan fingerprint density at radius 2 is 1.63 bits per heavy atom. The second kappa shape index (κ2) is 9.61. The number of carbonyl (C=O) groups is 2. The highest BCUT2D eigenvalue weighted by atomic mass is 16.5. The van der Waals surface area contributed by atoms with Crippen molar-refractivity contribution in [1.29, 1.82) is 0 Å². The number of esters is 1. The molecule has 0 heterocycles. The standard InChI is InChI=1S/C32H52O6/c1-19(33)38-26-15-16-30(6)22-14-18-31(7)21(20(27(35)36)9-12-25(34)29(4,5)37)13-17-32(31,8)23(22)10-11-24(30)28(26,2)3/h20-21,24-26,34,37H,9-18H2,1-8H3,(H,35,36)/t20-,21-,24+,25+,26-,30-,31-,32+/m1/s1. The van der Waals surface area contributed by atoms with Gasteiger partial charge in [0, 0.05) is 12.3 Å². The predicted molar refractivity (Wildman–Crippen MR) is 147 cm³/mol. The smallest absolute Gasteiger partial charge is 0.306 e. The Morgan fingerprint density at radius 3 is 2.21 bits per heavy atom. The number of carboxylic acid groups (broad SMARTS) is 1. The molecule has 38 heavy (non-hydrogen) atoms. The first-order chi connectivity index (χ1) is 17.4. The highest BCUT2D eigenvalue weighted by Gasteiger charge is 2.64. The molecule has 0 unspecified atom stereocenters. The van der Waals surface area contributed by atoms with Gasteiger partial charge < -0.3 is 20.1 Å². The lowest BCUT2D eigenvalue weighted by Gasteiger charge is -2.62. The van der Waals surface area contributed by atoms with Crippen LogP contribution in [-0.2, 0) is 14.3 Å². The number of hydrogen-bond acceptors (Lipinski definition) is 5. The first kappa shape index (κ1) is 29.6. The molecule has 0 aromatic heterocycles. The topological polar surface area (TPSA) is 104 Å². The maximum Gasteiger partial charge on any atom is 0.306 e. The quantitative estimate of drug-likeness (QED) is 0.263. The van der Waals surface area contributed by atoms with Crippen LogP contribution in [0.1, 0.15) is 120 Å². The molecule has 2 saturated carbocycles. The van der Waals surface area contributed by atoms with Crippen LogP contribution in [0.25, 0.3) is 0 Å². The summed E-state index contributed by atoms with van der Waals surface area (Å²) in [4.78, 5) is 24.4. The highest BCUT2D eigenvalue weighted by molar-refractivity contribution is 5.70. The van der Waals surface area contributed by atoms with E-state index in [0.717, 1.165) is 51.4 Å². The third kappa shape index (κ3) is 4.46. The number of carboxylic acids is 1. The Hall–Kier alpha value is -1.40. The van der Waals surface area contributed by atoms with Gasteiger partial charge >= 0.3 is 11.9 Å². The molecule has 0 amide bonds. The van der Waals surface area contributed by atoms with Gasteiger partial charge in [-0.2, -0.15) is 0 Å². The summed E-state index contributed by atoms with van der Waals surface area (Å²) in [5, 5.41) is 30.9. The Kier molecular flexibility index (Phi) is 7.48. The lowest BCUT2D eigenvalue weighted by Crippen LogP contribution is -2.56. The maximum atomic E-state index is 12.6. The average Bonchev–Trinajstić information content (AvgIpc) is 3.06. The largest absolute Gasteiger partial charge is 0.481 e. The van der Waals surface area contributed by atoms with Gasteiger partial charge in [0.15, 0.2) is 0 Å². The van der Waals surface area contributed by atoms with Crippen LogP contribution >= 0.6 is 0 Å². The van der Waals surface area contributed by atoms with Gasteiger partial charge in [0.2, 0.25) is 0 Å². The molecular weight excluding hydrogens is 480 g/mol. The molecule has 0 saturated heterocycles. The Labute approximate surface area is 229 Å². The summed E-state index contributed by atoms with van der Waals surface area (Å²) in [6.07, 6.45) is 7.62. The summed E-state index contributed by atoms with van der Waals surface area (Å²) >= 11 is 0. The lowest BCUT2D eigenvalue weighted by atomic mass is 9.43. The van der Waals surface area contributed by atoms with Crippen LogP contribution in [0.15, 0.2) is 11.1 Å². The van der Waals surface area contributed by atoms with E-state index in [1.165, 1.54) is 6.92 Å². The number of rotatable bonds is 7. The molecule has 0 aliphatic heterocycles. The lowest BCUT2D eigenvalue weighted by molar-refractivity contribution is -0.167. The van der Waals surface area contributed by atoms with Crippen LogP contribution in [0, 0.1) is 39.4 Å². The SMILES string of the molecule is CC(=O)O[C@@H]1CC[C@]2(C)C3=C(CC[C@H]2C1(C)C)[C@]1(C)CC[C@H]([C@@H](CC[C@H](O)C(C)(C)O)C(=O)O)[C@@]1(C)CC3. The molecule has 4 rings (SSSR count). The van der Waals surface area contributed by atoms with E-state index in [2.05, 4.69) is 34.6 Å². The van der Waals surface area contributed by atoms with Gasteiger partial charge in [-0.25, -0.2) is 0 Å². The fourth-order valence-electron chi connectivity index (χ4n) is 9.95. The molecule has 216 valence electrons. The molecule has 6 heteroatoms. The molecule has 6 nitrogen and oxygen atoms in total. The Morgan fingerprint density at radius 1 is 0.974 bits per heavy atom. The molecule has 0 bridgehead atoms. The number of aliphatic carboxylic acids is 1. The van der Waals surface area contributed by atoms with Crippen molar-refractivity contribution in [2.75, 3.05) is 0 Å². The first-order valence-corrected chi connectivity index (χ1v) is 14.9. The third-order valence-electron chi connectivity index (χ3n) is 12.4. The molecule has 4 aliphatic rings. The third-order valence-corrected chi connectivity index (χ3v) is 12.4. The highest BCUT2D eigenvalue weighted by Crippen LogP contribution is 2.72. The van der Waals surface area contributed by atoms with E-state index in [-0.39, 0.29) is 46.1 Å². The van der Waals surface area contributed by atoms with Gasteiger partial charge in [-0.15, -0.1) is 0 Å². The number of aliphatic hydroxyl groups is 2. The Balaban J connectivity index is 1.64. The summed E-state index contributed by atoms with van der Waals surface area (Å²) in [5.74, 6) is -0.986. The van der Waals surface area contributed by atoms with Crippen LogP contribution < -0.4 is 0 Å². The van der Waals surface area contributed by atoms with Crippen LogP contribution in [0.3, 0.4) is 0 Å². The van der Waals surface area contributed by atoms with Crippen molar-refractivity contribution in [3.05, 3.63) is 11.1 Å². The maximum absolute atomic E-state index is 12.6. The number of allylic oxidation sites excluding steroid dienone is 2. The number of fused-ring (bicyclic) bond motifs is 4. The van der Waals surface area contributed by atoms with Crippen molar-refractivity contribution in [1.82, 2.24) is 0 Å². The number of carbonyl (C=O) groups excluding carboxylic acids is 1. The molecule has 8 atom stereocenters. The number of aliphatic hydroxyl groups excluding tert-OH is 1. The van der Waals surface area contributed by atoms with E-state index in [1.807, 2.05) is 0 Å². The summed E-state index contributed by atoms with van der Waals surface area (Å²) < 4.78 is 5.82. The molecular formula is C32H52O6. The van der Waals surface area contributed by atoms with Gasteiger partial charge in [0.05, 0.1) is 17.6 Å². The first-order valence-electron chi connectivity index (χ1n) is 14.9. The number of hydrogen-bond donors (Lipinski definition) is 3. The van der Waals surface area contributed by atoms with E-state index in [0.29, 0.717) is 12.3 Å². The minimum Gasteiger partial charge on any atom is -0.481 e. The van der Waals surface area contributed by atoms with Gasteiger partial charge in [-0.05, 0) is 106 Å². The minimum atomic E-state index is -1.24. The van der Waals surface area contributed by atoms with Crippen molar-refractivity contribution >= 4 is 11.9 Å². The van der Waals surface area contributed by atoms with E-state index >= 15 is 0 Å². The van der Waals surface area contributed by atoms with Crippen LogP contribution in [0.5, 0.6) is 0 Å². The molecule has 2 fully saturated rings. The van der Waals surface area contributed by atoms with Crippen molar-refractivity contribution < 1.29 is 29.6 Å². The molecule has 3 N–H and O–H groups in total. The fraction of sp³-hybridized carbons (Fsp3) is 0.875. The van der Waals surface area contributed by atoms with Gasteiger partial charge in [-0.3, -0.25) is 9.59 Å². The minimum absolute atomic E-state index is 0.0291. The zero-order chi connectivity index (χ0) is 28.5.